The molecule has 2 aromatic carbocycles. The molecule has 0 aliphatic carbocycles. The van der Waals surface area contributed by atoms with Gasteiger partial charge in [0.25, 0.3) is 5.91 Å². The number of sulfonamides is 1. The van der Waals surface area contributed by atoms with Crippen molar-refractivity contribution in [2.75, 3.05) is 10.5 Å². The van der Waals surface area contributed by atoms with Gasteiger partial charge in [-0.2, -0.15) is 5.10 Å². The summed E-state index contributed by atoms with van der Waals surface area (Å²) in [6.45, 7) is 1.58. The topological polar surface area (TPSA) is 92.0 Å². The lowest BCUT2D eigenvalue weighted by molar-refractivity contribution is 0.0693. The van der Waals surface area contributed by atoms with Crippen LogP contribution in [0.1, 0.15) is 41.1 Å². The average Bonchev–Trinajstić information content (AvgIpc) is 3.44. The largest absolute Gasteiger partial charge is 0.467 e. The molecule has 0 saturated heterocycles. The van der Waals surface area contributed by atoms with Gasteiger partial charge in [-0.3, -0.25) is 9.52 Å². The van der Waals surface area contributed by atoms with E-state index in [-0.39, 0.29) is 17.7 Å². The van der Waals surface area contributed by atoms with Crippen molar-refractivity contribution in [1.29, 1.82) is 0 Å². The number of hydrogen-bond donors (Lipinski definition) is 1. The van der Waals surface area contributed by atoms with Crippen LogP contribution in [-0.2, 0) is 10.0 Å². The third-order valence-corrected chi connectivity index (χ3v) is 6.19. The number of hydrogen-bond acceptors (Lipinski definition) is 5. The Hall–Kier alpha value is -3.39. The summed E-state index contributed by atoms with van der Waals surface area (Å²) in [6, 6.07) is 19.2. The Labute approximate surface area is 175 Å². The van der Waals surface area contributed by atoms with E-state index in [1.807, 2.05) is 24.3 Å². The second kappa shape index (κ2) is 8.16. The number of hydrazone groups is 1. The highest BCUT2D eigenvalue weighted by atomic mass is 32.2. The Bertz CT molecular complexity index is 1150. The number of anilines is 1. The van der Waals surface area contributed by atoms with Crippen LogP contribution in [0.25, 0.3) is 0 Å². The highest BCUT2D eigenvalue weighted by molar-refractivity contribution is 7.92. The minimum Gasteiger partial charge on any atom is -0.467 e. The van der Waals surface area contributed by atoms with Crippen LogP contribution in [0.3, 0.4) is 0 Å². The van der Waals surface area contributed by atoms with Crippen LogP contribution in [0, 0.1) is 0 Å². The van der Waals surface area contributed by atoms with Crippen LogP contribution in [0.5, 0.6) is 0 Å². The first-order valence-electron chi connectivity index (χ1n) is 9.57. The van der Waals surface area contributed by atoms with E-state index in [1.54, 1.807) is 55.7 Å². The smallest absolute Gasteiger partial charge is 0.274 e. The van der Waals surface area contributed by atoms with Crippen molar-refractivity contribution in [2.24, 2.45) is 5.10 Å². The molecule has 1 aliphatic heterocycles. The molecule has 2 heterocycles. The minimum atomic E-state index is -3.34. The van der Waals surface area contributed by atoms with Crippen LogP contribution in [-0.4, -0.2) is 30.8 Å². The molecule has 0 saturated carbocycles. The molecule has 0 radical (unpaired) electrons. The number of amides is 1. The standard InChI is InChI=1S/C22H21N3O4S/c1-2-30(27,28)24-18-12-10-16(11-13-18)19-15-20(21-9-6-14-29-21)25(23-19)22(26)17-7-4-3-5-8-17/h3-14,20,24H,2,15H2,1H3. The molecule has 1 aromatic heterocycles. The molecular weight excluding hydrogens is 402 g/mol. The van der Waals surface area contributed by atoms with Gasteiger partial charge in [0.05, 0.1) is 17.7 Å². The average molecular weight is 423 g/mol. The fourth-order valence-corrected chi connectivity index (χ4v) is 3.91. The summed E-state index contributed by atoms with van der Waals surface area (Å²) in [5.74, 6) is 0.452. The molecule has 1 unspecified atom stereocenters. The van der Waals surface area contributed by atoms with Crippen molar-refractivity contribution in [3.8, 4) is 0 Å². The molecular formula is C22H21N3O4S. The molecule has 1 aliphatic rings. The highest BCUT2D eigenvalue weighted by Crippen LogP contribution is 2.34. The van der Waals surface area contributed by atoms with Crippen LogP contribution in [0.15, 0.2) is 82.5 Å². The molecule has 30 heavy (non-hydrogen) atoms. The van der Waals surface area contributed by atoms with Gasteiger partial charge in [0.2, 0.25) is 10.0 Å². The zero-order valence-corrected chi connectivity index (χ0v) is 17.2. The van der Waals surface area contributed by atoms with Crippen LogP contribution >= 0.6 is 0 Å². The lowest BCUT2D eigenvalue weighted by Gasteiger charge is -2.19. The molecule has 1 N–H and O–H groups in total. The number of benzene rings is 2. The summed E-state index contributed by atoms with van der Waals surface area (Å²) in [5, 5.41) is 6.05. The maximum Gasteiger partial charge on any atom is 0.274 e. The maximum absolute atomic E-state index is 13.1. The number of nitrogens with one attached hydrogen (secondary N) is 1. The predicted octanol–water partition coefficient (Wildman–Crippen LogP) is 4.03. The number of nitrogens with zero attached hydrogens (tertiary/aromatic N) is 2. The maximum atomic E-state index is 13.1. The predicted molar refractivity (Wildman–Crippen MR) is 115 cm³/mol. The van der Waals surface area contributed by atoms with Crippen molar-refractivity contribution in [1.82, 2.24) is 5.01 Å². The minimum absolute atomic E-state index is 0.00282. The van der Waals surface area contributed by atoms with Crippen molar-refractivity contribution in [3.63, 3.8) is 0 Å². The van der Waals surface area contributed by atoms with Crippen molar-refractivity contribution in [2.45, 2.75) is 19.4 Å². The molecule has 0 spiro atoms. The SMILES string of the molecule is CCS(=O)(=O)Nc1ccc(C2=NN(C(=O)c3ccccc3)C(c3ccco3)C2)cc1. The Morgan fingerprint density at radius 3 is 2.47 bits per heavy atom. The summed E-state index contributed by atoms with van der Waals surface area (Å²) in [7, 11) is -3.34. The Balaban J connectivity index is 1.63. The summed E-state index contributed by atoms with van der Waals surface area (Å²) in [6.07, 6.45) is 2.07. The summed E-state index contributed by atoms with van der Waals surface area (Å²) in [4.78, 5) is 13.1. The molecule has 7 nitrogen and oxygen atoms in total. The zero-order valence-electron chi connectivity index (χ0n) is 16.4. The molecule has 3 aromatic rings. The fraction of sp³-hybridized carbons (Fsp3) is 0.182. The van der Waals surface area contributed by atoms with Gasteiger partial charge in [0.15, 0.2) is 0 Å². The van der Waals surface area contributed by atoms with Gasteiger partial charge in [-0.25, -0.2) is 13.4 Å². The van der Waals surface area contributed by atoms with E-state index < -0.39 is 10.0 Å². The summed E-state index contributed by atoms with van der Waals surface area (Å²) in [5.41, 5.74) is 2.57. The highest BCUT2D eigenvalue weighted by Gasteiger charge is 2.35. The Kier molecular flexibility index (Phi) is 5.41. The number of carbonyl (C=O) groups excluding carboxylic acids is 1. The monoisotopic (exact) mass is 423 g/mol. The van der Waals surface area contributed by atoms with Crippen molar-refractivity contribution in [3.05, 3.63) is 89.9 Å². The first-order chi connectivity index (χ1) is 14.5. The molecule has 0 fully saturated rings. The Morgan fingerprint density at radius 1 is 1.10 bits per heavy atom. The lowest BCUT2D eigenvalue weighted by Crippen LogP contribution is -2.26. The zero-order chi connectivity index (χ0) is 21.1. The third-order valence-electron chi connectivity index (χ3n) is 4.88. The Morgan fingerprint density at radius 2 is 1.83 bits per heavy atom. The van der Waals surface area contributed by atoms with E-state index in [4.69, 9.17) is 4.42 Å². The third kappa shape index (κ3) is 4.13. The van der Waals surface area contributed by atoms with Gasteiger partial charge >= 0.3 is 0 Å². The molecule has 4 rings (SSSR count). The quantitative estimate of drug-likeness (QED) is 0.648. The van der Waals surface area contributed by atoms with Gasteiger partial charge in [-0.1, -0.05) is 30.3 Å². The van der Waals surface area contributed by atoms with Gasteiger partial charge in [-0.15, -0.1) is 0 Å². The number of carbonyl (C=O) groups is 1. The van der Waals surface area contributed by atoms with Gasteiger partial charge in [0.1, 0.15) is 11.8 Å². The first kappa shape index (κ1) is 19.9. The van der Waals surface area contributed by atoms with Crippen molar-refractivity contribution >= 4 is 27.3 Å². The second-order valence-electron chi connectivity index (χ2n) is 6.88. The fourth-order valence-electron chi connectivity index (χ4n) is 3.27. The molecule has 1 amide bonds. The van der Waals surface area contributed by atoms with Crippen molar-refractivity contribution < 1.29 is 17.6 Å². The molecule has 0 bridgehead atoms. The van der Waals surface area contributed by atoms with Gasteiger partial charge < -0.3 is 4.42 Å². The van der Waals surface area contributed by atoms with Gasteiger partial charge in [0, 0.05) is 17.7 Å². The molecule has 1 atom stereocenters. The summed E-state index contributed by atoms with van der Waals surface area (Å²) >= 11 is 0. The van der Waals surface area contributed by atoms with E-state index in [1.165, 1.54) is 5.01 Å². The second-order valence-corrected chi connectivity index (χ2v) is 8.89. The van der Waals surface area contributed by atoms with E-state index >= 15 is 0 Å². The van der Waals surface area contributed by atoms with Crippen LogP contribution in [0.4, 0.5) is 5.69 Å². The van der Waals surface area contributed by atoms with E-state index in [0.29, 0.717) is 23.4 Å². The van der Waals surface area contributed by atoms with E-state index in [2.05, 4.69) is 9.82 Å². The molecule has 154 valence electrons. The van der Waals surface area contributed by atoms with Crippen LogP contribution < -0.4 is 4.72 Å². The lowest BCUT2D eigenvalue weighted by atomic mass is 10.0. The first-order valence-corrected chi connectivity index (χ1v) is 11.2. The normalized spacial score (nSPS) is 16.4. The number of rotatable bonds is 6. The van der Waals surface area contributed by atoms with E-state index in [0.717, 1.165) is 11.3 Å². The van der Waals surface area contributed by atoms with E-state index in [9.17, 15) is 13.2 Å². The number of furan rings is 1. The van der Waals surface area contributed by atoms with Crippen LogP contribution in [0.2, 0.25) is 0 Å². The summed E-state index contributed by atoms with van der Waals surface area (Å²) < 4.78 is 31.6. The molecule has 8 heteroatoms. The van der Waals surface area contributed by atoms with Gasteiger partial charge in [-0.05, 0) is 48.9 Å².